The fourth-order valence-electron chi connectivity index (χ4n) is 0.509. The van der Waals surface area contributed by atoms with Gasteiger partial charge in [0.2, 0.25) is 0 Å². The first kappa shape index (κ1) is 15.0. The van der Waals surface area contributed by atoms with Crippen LogP contribution < -0.4 is 21.3 Å². The summed E-state index contributed by atoms with van der Waals surface area (Å²) in [6.07, 6.45) is 0. The third-order valence-corrected chi connectivity index (χ3v) is 1.13. The van der Waals surface area contributed by atoms with Crippen molar-refractivity contribution >= 4 is 12.1 Å². The van der Waals surface area contributed by atoms with Gasteiger partial charge in [-0.05, 0) is 13.8 Å². The topological polar surface area (TPSA) is 82.3 Å². The van der Waals surface area contributed by atoms with Gasteiger partial charge in [-0.25, -0.2) is 9.59 Å². The van der Waals surface area contributed by atoms with E-state index < -0.39 is 0 Å². The van der Waals surface area contributed by atoms with Crippen LogP contribution in [-0.2, 0) is 0 Å². The number of amides is 4. The fraction of sp³-hybridized carbons (Fsp3) is 0.750. The zero-order valence-electron chi connectivity index (χ0n) is 9.23. The van der Waals surface area contributed by atoms with E-state index in [1.54, 1.807) is 14.1 Å². The number of nitrogens with one attached hydrogen (secondary N) is 4. The second-order valence-corrected chi connectivity index (χ2v) is 2.22. The summed E-state index contributed by atoms with van der Waals surface area (Å²) >= 11 is 0. The van der Waals surface area contributed by atoms with Gasteiger partial charge in [-0.1, -0.05) is 0 Å². The molecule has 0 saturated carbocycles. The SMILES string of the molecule is CCNC(=O)NCC.CNC(=O)NC. The normalized spacial score (nSPS) is 7.71. The van der Waals surface area contributed by atoms with Crippen LogP contribution in [0.25, 0.3) is 0 Å². The van der Waals surface area contributed by atoms with Crippen LogP contribution in [0, 0.1) is 0 Å². The number of carbonyl (C=O) groups excluding carboxylic acids is 2. The van der Waals surface area contributed by atoms with Crippen LogP contribution in [0.4, 0.5) is 9.59 Å². The molecule has 0 unspecified atom stereocenters. The quantitative estimate of drug-likeness (QED) is 0.505. The molecule has 0 aromatic rings. The molecule has 6 nitrogen and oxygen atoms in total. The molecule has 6 heteroatoms. The molecule has 0 fully saturated rings. The molecular weight excluding hydrogens is 184 g/mol. The molecule has 0 bridgehead atoms. The van der Waals surface area contributed by atoms with Crippen LogP contribution in [0.5, 0.6) is 0 Å². The summed E-state index contributed by atoms with van der Waals surface area (Å²) in [5.41, 5.74) is 0. The van der Waals surface area contributed by atoms with Crippen molar-refractivity contribution in [2.75, 3.05) is 27.2 Å². The van der Waals surface area contributed by atoms with Gasteiger partial charge in [0.15, 0.2) is 0 Å². The van der Waals surface area contributed by atoms with Crippen molar-refractivity contribution in [1.82, 2.24) is 21.3 Å². The maximum Gasteiger partial charge on any atom is 0.314 e. The average Bonchev–Trinajstić information content (AvgIpc) is 2.18. The van der Waals surface area contributed by atoms with Crippen LogP contribution in [0.1, 0.15) is 13.8 Å². The molecule has 0 radical (unpaired) electrons. The van der Waals surface area contributed by atoms with E-state index >= 15 is 0 Å². The number of carbonyl (C=O) groups is 2. The lowest BCUT2D eigenvalue weighted by Gasteiger charge is -1.99. The molecule has 0 aliphatic carbocycles. The van der Waals surface area contributed by atoms with Crippen LogP contribution in [0.2, 0.25) is 0 Å². The van der Waals surface area contributed by atoms with E-state index in [1.165, 1.54) is 0 Å². The number of rotatable bonds is 2. The van der Waals surface area contributed by atoms with Gasteiger partial charge < -0.3 is 21.3 Å². The maximum atomic E-state index is 10.4. The maximum absolute atomic E-state index is 10.4. The summed E-state index contributed by atoms with van der Waals surface area (Å²) in [6, 6.07) is -0.245. The fourth-order valence-corrected chi connectivity index (χ4v) is 0.509. The summed E-state index contributed by atoms with van der Waals surface area (Å²) in [7, 11) is 3.14. The van der Waals surface area contributed by atoms with Crippen molar-refractivity contribution in [2.24, 2.45) is 0 Å². The van der Waals surface area contributed by atoms with Crippen molar-refractivity contribution in [3.63, 3.8) is 0 Å². The molecule has 0 aliphatic rings. The highest BCUT2D eigenvalue weighted by atomic mass is 16.2. The molecule has 4 amide bonds. The Morgan fingerprint density at radius 1 is 0.857 bits per heavy atom. The zero-order chi connectivity index (χ0) is 11.4. The number of hydrogen-bond donors (Lipinski definition) is 4. The van der Waals surface area contributed by atoms with Crippen molar-refractivity contribution in [1.29, 1.82) is 0 Å². The van der Waals surface area contributed by atoms with Crippen LogP contribution in [-0.4, -0.2) is 39.2 Å². The Morgan fingerprint density at radius 3 is 1.36 bits per heavy atom. The molecule has 0 heterocycles. The van der Waals surface area contributed by atoms with Crippen LogP contribution in [0.3, 0.4) is 0 Å². The average molecular weight is 204 g/mol. The summed E-state index contributed by atoms with van der Waals surface area (Å²) in [5, 5.41) is 9.92. The summed E-state index contributed by atoms with van der Waals surface area (Å²) in [4.78, 5) is 20.4. The molecule has 0 aromatic carbocycles. The molecule has 0 saturated heterocycles. The predicted octanol–water partition coefficient (Wildman–Crippen LogP) is -0.129. The Morgan fingerprint density at radius 2 is 1.21 bits per heavy atom. The van der Waals surface area contributed by atoms with E-state index in [0.717, 1.165) is 0 Å². The van der Waals surface area contributed by atoms with Gasteiger partial charge in [0.25, 0.3) is 0 Å². The van der Waals surface area contributed by atoms with Crippen molar-refractivity contribution < 1.29 is 9.59 Å². The minimum atomic E-state index is -0.157. The minimum Gasteiger partial charge on any atom is -0.341 e. The van der Waals surface area contributed by atoms with Crippen LogP contribution in [0.15, 0.2) is 0 Å². The molecule has 84 valence electrons. The second kappa shape index (κ2) is 11.5. The van der Waals surface area contributed by atoms with Crippen molar-refractivity contribution in [3.05, 3.63) is 0 Å². The smallest absolute Gasteiger partial charge is 0.314 e. The third kappa shape index (κ3) is 13.2. The van der Waals surface area contributed by atoms with Gasteiger partial charge in [0, 0.05) is 27.2 Å². The van der Waals surface area contributed by atoms with Gasteiger partial charge in [-0.3, -0.25) is 0 Å². The largest absolute Gasteiger partial charge is 0.341 e. The Labute approximate surface area is 84.8 Å². The highest BCUT2D eigenvalue weighted by Gasteiger charge is 1.89. The molecule has 0 aliphatic heterocycles. The Kier molecular flexibility index (Phi) is 12.4. The molecule has 0 rings (SSSR count). The first-order valence-corrected chi connectivity index (χ1v) is 4.53. The third-order valence-electron chi connectivity index (χ3n) is 1.13. The molecule has 0 spiro atoms. The van der Waals surface area contributed by atoms with E-state index in [9.17, 15) is 9.59 Å². The van der Waals surface area contributed by atoms with Gasteiger partial charge >= 0.3 is 12.1 Å². The van der Waals surface area contributed by atoms with Crippen molar-refractivity contribution in [3.8, 4) is 0 Å². The lowest BCUT2D eigenvalue weighted by Crippen LogP contribution is -2.34. The molecular formula is C8H20N4O2. The van der Waals surface area contributed by atoms with Gasteiger partial charge in [-0.15, -0.1) is 0 Å². The first-order chi connectivity index (χ1) is 6.62. The van der Waals surface area contributed by atoms with Crippen molar-refractivity contribution in [2.45, 2.75) is 13.8 Å². The van der Waals surface area contributed by atoms with Gasteiger partial charge in [-0.2, -0.15) is 0 Å². The van der Waals surface area contributed by atoms with Gasteiger partial charge in [0.05, 0.1) is 0 Å². The summed E-state index contributed by atoms with van der Waals surface area (Å²) < 4.78 is 0. The summed E-state index contributed by atoms with van der Waals surface area (Å²) in [6.45, 7) is 5.14. The molecule has 0 atom stereocenters. The standard InChI is InChI=1S/C5H12N2O.C3H8N2O/c1-3-6-5(8)7-4-2;1-4-3(6)5-2/h3-4H2,1-2H3,(H2,6,7,8);1-2H3,(H2,4,5,6). The second-order valence-electron chi connectivity index (χ2n) is 2.22. The predicted molar refractivity (Wildman–Crippen MR) is 56.3 cm³/mol. The Hall–Kier alpha value is -1.46. The minimum absolute atomic E-state index is 0.0880. The molecule has 0 aromatic heterocycles. The molecule has 14 heavy (non-hydrogen) atoms. The number of hydrogen-bond acceptors (Lipinski definition) is 2. The lowest BCUT2D eigenvalue weighted by molar-refractivity contribution is 0.241. The molecule has 4 N–H and O–H groups in total. The van der Waals surface area contributed by atoms with Crippen LogP contribution >= 0.6 is 0 Å². The Bertz CT molecular complexity index is 147. The highest BCUT2D eigenvalue weighted by molar-refractivity contribution is 5.73. The highest BCUT2D eigenvalue weighted by Crippen LogP contribution is 1.60. The number of urea groups is 2. The van der Waals surface area contributed by atoms with E-state index in [4.69, 9.17) is 0 Å². The van der Waals surface area contributed by atoms with E-state index in [1.807, 2.05) is 13.8 Å². The van der Waals surface area contributed by atoms with E-state index in [0.29, 0.717) is 13.1 Å². The van der Waals surface area contributed by atoms with E-state index in [2.05, 4.69) is 21.3 Å². The monoisotopic (exact) mass is 204 g/mol. The zero-order valence-corrected chi connectivity index (χ0v) is 9.23. The first-order valence-electron chi connectivity index (χ1n) is 4.53. The summed E-state index contributed by atoms with van der Waals surface area (Å²) in [5.74, 6) is 0. The lowest BCUT2D eigenvalue weighted by atomic mass is 10.7. The Balaban J connectivity index is 0. The van der Waals surface area contributed by atoms with E-state index in [-0.39, 0.29) is 12.1 Å². The van der Waals surface area contributed by atoms with Gasteiger partial charge in [0.1, 0.15) is 0 Å².